The molecule has 0 aromatic heterocycles. The van der Waals surface area contributed by atoms with Crippen molar-refractivity contribution < 1.29 is 19.2 Å². The van der Waals surface area contributed by atoms with Gasteiger partial charge in [-0.25, -0.2) is 9.59 Å². The molecule has 11 heteroatoms. The van der Waals surface area contributed by atoms with Crippen LogP contribution in [0.25, 0.3) is 0 Å². The Hall–Kier alpha value is -3.67. The van der Waals surface area contributed by atoms with Crippen LogP contribution in [-0.4, -0.2) is 115 Å². The van der Waals surface area contributed by atoms with Crippen LogP contribution >= 0.6 is 0 Å². The Morgan fingerprint density at radius 1 is 0.875 bits per heavy atom. The minimum Gasteiger partial charge on any atom is -0.351 e. The monoisotopic (exact) mass is 659 g/mol. The van der Waals surface area contributed by atoms with Crippen molar-refractivity contribution >= 4 is 23.7 Å². The summed E-state index contributed by atoms with van der Waals surface area (Å²) in [5.41, 5.74) is 5.66. The van der Waals surface area contributed by atoms with E-state index in [1.54, 1.807) is 5.06 Å². The number of para-hydroxylation sites is 1. The quantitative estimate of drug-likeness (QED) is 0.376. The number of anilines is 1. The molecule has 2 aromatic carbocycles. The second kappa shape index (κ2) is 16.2. The van der Waals surface area contributed by atoms with Gasteiger partial charge in [-0.15, -0.1) is 5.06 Å². The van der Waals surface area contributed by atoms with Crippen molar-refractivity contribution in [3.63, 3.8) is 0 Å². The molecule has 3 saturated heterocycles. The molecule has 48 heavy (non-hydrogen) atoms. The van der Waals surface area contributed by atoms with E-state index in [0.29, 0.717) is 58.0 Å². The summed E-state index contributed by atoms with van der Waals surface area (Å²) in [6.45, 7) is 11.5. The summed E-state index contributed by atoms with van der Waals surface area (Å²) < 4.78 is 0. The molecular weight excluding hydrogens is 606 g/mol. The molecule has 0 saturated carbocycles. The van der Waals surface area contributed by atoms with Gasteiger partial charge in [-0.05, 0) is 73.3 Å². The summed E-state index contributed by atoms with van der Waals surface area (Å²) in [7, 11) is 0. The summed E-state index contributed by atoms with van der Waals surface area (Å²) in [6, 6.07) is 14.1. The van der Waals surface area contributed by atoms with Crippen LogP contribution in [0.1, 0.15) is 61.8 Å². The number of hydroxylamine groups is 2. The first-order valence-corrected chi connectivity index (χ1v) is 18.1. The van der Waals surface area contributed by atoms with Crippen LogP contribution in [0, 0.1) is 0 Å². The molecule has 3 fully saturated rings. The van der Waals surface area contributed by atoms with E-state index in [1.807, 2.05) is 28.0 Å². The minimum atomic E-state index is -0.717. The lowest BCUT2D eigenvalue weighted by Gasteiger charge is -2.41. The van der Waals surface area contributed by atoms with Gasteiger partial charge < -0.3 is 30.6 Å². The largest absolute Gasteiger partial charge is 0.426 e. The number of piperidine rings is 2. The van der Waals surface area contributed by atoms with E-state index in [-0.39, 0.29) is 18.0 Å². The van der Waals surface area contributed by atoms with Crippen LogP contribution in [-0.2, 0) is 35.3 Å². The number of fused-ring (bicyclic) bond motifs is 1. The third kappa shape index (κ3) is 8.30. The highest BCUT2D eigenvalue weighted by atomic mass is 16.7. The van der Waals surface area contributed by atoms with Crippen molar-refractivity contribution in [3.05, 3.63) is 64.7 Å². The minimum absolute atomic E-state index is 0.0461. The van der Waals surface area contributed by atoms with Gasteiger partial charge in [-0.2, -0.15) is 0 Å². The fourth-order valence-electron chi connectivity index (χ4n) is 7.90. The number of piperazine rings is 1. The van der Waals surface area contributed by atoms with Crippen LogP contribution in [0.15, 0.2) is 42.5 Å². The maximum absolute atomic E-state index is 14.0. The Balaban J connectivity index is 1.05. The van der Waals surface area contributed by atoms with Crippen molar-refractivity contribution in [2.45, 2.75) is 83.3 Å². The highest BCUT2D eigenvalue weighted by Gasteiger charge is 2.34. The molecule has 0 radical (unpaired) electrons. The number of aryl methyl sites for hydroxylation is 2. The summed E-state index contributed by atoms with van der Waals surface area (Å²) in [4.78, 5) is 52.6. The average molecular weight is 660 g/mol. The highest BCUT2D eigenvalue weighted by Crippen LogP contribution is 2.25. The maximum atomic E-state index is 14.0. The highest BCUT2D eigenvalue weighted by molar-refractivity contribution is 5.91. The van der Waals surface area contributed by atoms with Crippen molar-refractivity contribution in [2.24, 2.45) is 0 Å². The topological polar surface area (TPSA) is 109 Å². The van der Waals surface area contributed by atoms with Crippen LogP contribution in [0.2, 0.25) is 0 Å². The van der Waals surface area contributed by atoms with Gasteiger partial charge in [0.15, 0.2) is 0 Å². The number of hydrogen-bond acceptors (Lipinski definition) is 7. The Morgan fingerprint density at radius 2 is 1.58 bits per heavy atom. The van der Waals surface area contributed by atoms with E-state index in [9.17, 15) is 14.4 Å². The fraction of sp³-hybridized carbons (Fsp3) is 0.595. The van der Waals surface area contributed by atoms with Gasteiger partial charge in [0, 0.05) is 83.1 Å². The number of likely N-dealkylation sites (tertiary alicyclic amines) is 1. The molecule has 0 aliphatic carbocycles. The lowest BCUT2D eigenvalue weighted by atomic mass is 9.96. The van der Waals surface area contributed by atoms with E-state index >= 15 is 0 Å². The van der Waals surface area contributed by atoms with Gasteiger partial charge in [0.05, 0.1) is 0 Å². The second-order valence-electron chi connectivity index (χ2n) is 13.6. The second-order valence-corrected chi connectivity index (χ2v) is 13.6. The number of nitrogens with zero attached hydrogens (tertiary/aromatic N) is 4. The molecule has 0 spiro atoms. The van der Waals surface area contributed by atoms with Gasteiger partial charge >= 0.3 is 12.1 Å². The number of urea groups is 1. The van der Waals surface area contributed by atoms with Crippen LogP contribution in [0.4, 0.5) is 15.3 Å². The average Bonchev–Trinajstić information content (AvgIpc) is 3.29. The lowest BCUT2D eigenvalue weighted by molar-refractivity contribution is -0.137. The van der Waals surface area contributed by atoms with E-state index in [1.165, 1.54) is 11.1 Å². The number of amides is 4. The smallest absolute Gasteiger partial charge is 0.351 e. The van der Waals surface area contributed by atoms with Gasteiger partial charge in [-0.1, -0.05) is 50.2 Å². The van der Waals surface area contributed by atoms with Gasteiger partial charge in [0.1, 0.15) is 6.04 Å². The lowest BCUT2D eigenvalue weighted by Crippen LogP contribution is -2.56. The zero-order valence-corrected chi connectivity index (χ0v) is 28.7. The Morgan fingerprint density at radius 3 is 2.31 bits per heavy atom. The van der Waals surface area contributed by atoms with Crippen LogP contribution in [0.5, 0.6) is 0 Å². The van der Waals surface area contributed by atoms with Crippen molar-refractivity contribution in [1.29, 1.82) is 0 Å². The molecule has 4 amide bonds. The first-order chi connectivity index (χ1) is 23.4. The molecule has 4 aliphatic heterocycles. The first-order valence-electron chi connectivity index (χ1n) is 18.1. The van der Waals surface area contributed by atoms with Crippen molar-refractivity contribution in [1.82, 2.24) is 30.4 Å². The number of carbonyl (C=O) groups is 3. The van der Waals surface area contributed by atoms with Crippen molar-refractivity contribution in [2.75, 3.05) is 64.2 Å². The molecule has 0 bridgehead atoms. The van der Waals surface area contributed by atoms with E-state index < -0.39 is 12.1 Å². The number of hydrogen-bond donors (Lipinski definition) is 3. The molecular formula is C37H53N7O4. The molecule has 0 unspecified atom stereocenters. The maximum Gasteiger partial charge on any atom is 0.426 e. The Kier molecular flexibility index (Phi) is 11.5. The standard InChI is InChI=1S/C37H53N7O4/c1-3-28-10-9-27(25-29(28)4-2)26-34(35(45)42-18-12-31(13-19-42)41-23-16-38-17-24-41)40-37(47)48-43-20-14-32(15-21-43)44-22-11-30-7-5-6-8-33(30)39-36(44)46/h5-10,25,31-32,34,38H,3-4,11-24,26H2,1-2H3,(H,39,46)(H,40,47)/t34-/m1/s1. The van der Waals surface area contributed by atoms with Crippen LogP contribution < -0.4 is 16.0 Å². The summed E-state index contributed by atoms with van der Waals surface area (Å²) in [6.07, 6.45) is 5.79. The Bertz CT molecular complexity index is 1410. The summed E-state index contributed by atoms with van der Waals surface area (Å²) in [5, 5.41) is 11.1. The fourth-order valence-corrected chi connectivity index (χ4v) is 7.90. The Labute approximate surface area is 285 Å². The zero-order valence-electron chi connectivity index (χ0n) is 28.7. The third-order valence-corrected chi connectivity index (χ3v) is 10.7. The van der Waals surface area contributed by atoms with Gasteiger partial charge in [0.25, 0.3) is 0 Å². The molecule has 260 valence electrons. The third-order valence-electron chi connectivity index (χ3n) is 10.7. The van der Waals surface area contributed by atoms with E-state index in [0.717, 1.165) is 75.1 Å². The number of rotatable bonds is 9. The molecule has 11 nitrogen and oxygen atoms in total. The van der Waals surface area contributed by atoms with Crippen molar-refractivity contribution in [3.8, 4) is 0 Å². The predicted octanol–water partition coefficient (Wildman–Crippen LogP) is 3.81. The van der Waals surface area contributed by atoms with Gasteiger partial charge in [0.2, 0.25) is 5.91 Å². The first kappa shape index (κ1) is 34.2. The number of nitrogens with one attached hydrogen (secondary N) is 3. The SMILES string of the molecule is CCc1ccc(C[C@@H](NC(=O)ON2CCC(N3CCc4ccccc4NC3=O)CC2)C(=O)N2CCC(N3CCNCC3)CC2)cc1CC. The molecule has 1 atom stereocenters. The van der Waals surface area contributed by atoms with E-state index in [2.05, 4.69) is 59.0 Å². The predicted molar refractivity (Wildman–Crippen MR) is 187 cm³/mol. The summed E-state index contributed by atoms with van der Waals surface area (Å²) >= 11 is 0. The molecule has 6 rings (SSSR count). The van der Waals surface area contributed by atoms with Crippen LogP contribution in [0.3, 0.4) is 0 Å². The molecule has 3 N–H and O–H groups in total. The molecule has 4 heterocycles. The molecule has 2 aromatic rings. The number of carbonyl (C=O) groups excluding carboxylic acids is 3. The number of benzene rings is 2. The summed E-state index contributed by atoms with van der Waals surface area (Å²) in [5.74, 6) is -0.0461. The van der Waals surface area contributed by atoms with Gasteiger partial charge in [-0.3, -0.25) is 9.69 Å². The van der Waals surface area contributed by atoms with E-state index in [4.69, 9.17) is 4.84 Å². The normalized spacial score (nSPS) is 20.8. The zero-order chi connectivity index (χ0) is 33.5. The molecule has 4 aliphatic rings.